The highest BCUT2D eigenvalue weighted by Crippen LogP contribution is 2.33. The Kier molecular flexibility index (Phi) is 27.2. The van der Waals surface area contributed by atoms with E-state index in [0.29, 0.717) is 35.7 Å². The Balaban J connectivity index is 8.39. The van der Waals surface area contributed by atoms with Crippen LogP contribution in [0.1, 0.15) is 83.1 Å². The van der Waals surface area contributed by atoms with Gasteiger partial charge < -0.3 is 59.7 Å². The molecule has 0 bridgehead atoms. The summed E-state index contributed by atoms with van der Waals surface area (Å²) in [6, 6.07) is 0. The maximum absolute atomic E-state index is 7.16. The number of allylic oxidation sites excluding steroid dienone is 6. The third-order valence-corrected chi connectivity index (χ3v) is 13.5. The molecule has 0 fully saturated rings. The lowest BCUT2D eigenvalue weighted by Crippen LogP contribution is -2.46. The van der Waals surface area contributed by atoms with Crippen LogP contribution in [0.15, 0.2) is 69.1 Å². The summed E-state index contributed by atoms with van der Waals surface area (Å²) in [6.45, 7) is 63.2. The lowest BCUT2D eigenvalue weighted by molar-refractivity contribution is -0.139. The van der Waals surface area contributed by atoms with Gasteiger partial charge in [-0.15, -0.1) is 0 Å². The SMILES string of the molecule is CC(C)=C(OCC(COCC(COC(O[Si](C)(C)C)=C(C)C)(COC(O[Si](C)(C)C)=C(C)C)COC(O[Si](C)(C)C)=C(C)C)(COC(O[Si](C)(C)C)=C(C)C)COC(O[Si](C)(C)C)=C(C)C)O[Si](C)(C)C. The molecule has 0 N–H and O–H groups in total. The van der Waals surface area contributed by atoms with Crippen molar-refractivity contribution in [3.63, 3.8) is 0 Å². The molecule has 0 unspecified atom stereocenters. The van der Waals surface area contributed by atoms with Crippen molar-refractivity contribution in [3.05, 3.63) is 69.1 Å². The highest BCUT2D eigenvalue weighted by Gasteiger charge is 2.42. The minimum atomic E-state index is -2.11. The summed E-state index contributed by atoms with van der Waals surface area (Å²) >= 11 is 0. The van der Waals surface area contributed by atoms with Crippen LogP contribution in [0.2, 0.25) is 118 Å². The molecule has 19 heteroatoms. The highest BCUT2D eigenvalue weighted by atomic mass is 28.4. The molecule has 0 spiro atoms. The van der Waals surface area contributed by atoms with Crippen LogP contribution in [-0.2, 0) is 59.7 Å². The Bertz CT molecular complexity index is 1520. The van der Waals surface area contributed by atoms with Gasteiger partial charge >= 0.3 is 0 Å². The third kappa shape index (κ3) is 31.6. The minimum Gasteiger partial charge on any atom is -0.520 e. The zero-order chi connectivity index (χ0) is 55.8. The first-order valence-corrected chi connectivity index (χ1v) is 45.8. The second-order valence-corrected chi connectivity index (χ2v) is 52.8. The molecular weight excluding hydrogens is 1000 g/mol. The maximum Gasteiger partial charge on any atom is 0.263 e. The molecule has 0 radical (unpaired) electrons. The van der Waals surface area contributed by atoms with Gasteiger partial charge in [-0.2, -0.15) is 0 Å². The first-order valence-electron chi connectivity index (χ1n) is 25.3. The first-order chi connectivity index (χ1) is 31.8. The van der Waals surface area contributed by atoms with Crippen LogP contribution in [0.5, 0.6) is 0 Å². The Morgan fingerprint density at radius 1 is 0.225 bits per heavy atom. The first kappa shape index (κ1) is 68.3. The Morgan fingerprint density at radius 2 is 0.352 bits per heavy atom. The van der Waals surface area contributed by atoms with Crippen molar-refractivity contribution in [1.82, 2.24) is 0 Å². The number of rotatable bonds is 34. The van der Waals surface area contributed by atoms with Crippen LogP contribution in [-0.4, -0.2) is 103 Å². The second-order valence-electron chi connectivity index (χ2n) is 26.2. The van der Waals surface area contributed by atoms with E-state index in [1.807, 2.05) is 83.1 Å². The van der Waals surface area contributed by atoms with E-state index < -0.39 is 60.7 Å². The predicted octanol–water partition coefficient (Wildman–Crippen LogP) is 15.7. The molecule has 0 aromatic rings. The van der Waals surface area contributed by atoms with Crippen molar-refractivity contribution in [1.29, 1.82) is 0 Å². The van der Waals surface area contributed by atoms with E-state index in [2.05, 4.69) is 118 Å². The minimum absolute atomic E-state index is 0.0897. The lowest BCUT2D eigenvalue weighted by atomic mass is 9.90. The fraction of sp³-hybridized carbons (Fsp3) is 0.769. The van der Waals surface area contributed by atoms with Crippen LogP contribution in [0.3, 0.4) is 0 Å². The van der Waals surface area contributed by atoms with E-state index in [1.165, 1.54) is 0 Å². The predicted molar refractivity (Wildman–Crippen MR) is 308 cm³/mol. The number of hydrogen-bond donors (Lipinski definition) is 0. The maximum atomic E-state index is 7.16. The highest BCUT2D eigenvalue weighted by molar-refractivity contribution is 6.71. The molecule has 0 aromatic heterocycles. The molecule has 416 valence electrons. The summed E-state index contributed by atoms with van der Waals surface area (Å²) in [5.74, 6) is 2.86. The van der Waals surface area contributed by atoms with E-state index >= 15 is 0 Å². The molecule has 0 heterocycles. The van der Waals surface area contributed by atoms with Gasteiger partial charge in [0, 0.05) is 33.4 Å². The second kappa shape index (κ2) is 28.3. The van der Waals surface area contributed by atoms with Crippen molar-refractivity contribution in [2.75, 3.05) is 52.9 Å². The topological polar surface area (TPSA) is 120 Å². The van der Waals surface area contributed by atoms with Crippen molar-refractivity contribution < 1.29 is 59.7 Å². The average Bonchev–Trinajstić information content (AvgIpc) is 3.15. The largest absolute Gasteiger partial charge is 0.520 e. The van der Waals surface area contributed by atoms with Crippen molar-refractivity contribution in [3.8, 4) is 0 Å². The van der Waals surface area contributed by atoms with E-state index in [1.54, 1.807) is 0 Å². The Labute approximate surface area is 441 Å². The summed E-state index contributed by atoms with van der Waals surface area (Å²) in [4.78, 5) is 0. The molecule has 0 atom stereocenters. The quantitative estimate of drug-likeness (QED) is 0.0450. The Morgan fingerprint density at radius 3 is 0.451 bits per heavy atom. The normalized spacial score (nSPS) is 12.6. The summed E-state index contributed by atoms with van der Waals surface area (Å²) in [5.41, 5.74) is 3.49. The van der Waals surface area contributed by atoms with Crippen LogP contribution in [0.4, 0.5) is 0 Å². The molecule has 0 saturated heterocycles. The molecule has 0 saturated carbocycles. The van der Waals surface area contributed by atoms with Crippen LogP contribution < -0.4 is 0 Å². The number of ether oxygens (including phenoxy) is 7. The van der Waals surface area contributed by atoms with E-state index in [4.69, 9.17) is 59.7 Å². The zero-order valence-corrected chi connectivity index (χ0v) is 57.0. The monoisotopic (exact) mass is 1110 g/mol. The Hall–Kier alpha value is -2.70. The van der Waals surface area contributed by atoms with Gasteiger partial charge in [-0.1, -0.05) is 0 Å². The van der Waals surface area contributed by atoms with E-state index in [0.717, 1.165) is 33.4 Å². The van der Waals surface area contributed by atoms with Crippen molar-refractivity contribution in [2.24, 2.45) is 10.8 Å². The van der Waals surface area contributed by atoms with Gasteiger partial charge in [-0.05, 0) is 201 Å². The summed E-state index contributed by atoms with van der Waals surface area (Å²) in [5, 5.41) is 0. The fourth-order valence-corrected chi connectivity index (χ4v) is 10.5. The van der Waals surface area contributed by atoms with Gasteiger partial charge in [0.15, 0.2) is 0 Å². The fourth-order valence-electron chi connectivity index (χ4n) is 5.62. The molecule has 0 amide bonds. The smallest absolute Gasteiger partial charge is 0.263 e. The average molecular weight is 1110 g/mol. The summed E-state index contributed by atoms with van der Waals surface area (Å²) in [6.07, 6.45) is 0. The lowest BCUT2D eigenvalue weighted by Gasteiger charge is -2.38. The molecule has 0 aliphatic carbocycles. The molecule has 71 heavy (non-hydrogen) atoms. The molecule has 0 aromatic carbocycles. The summed E-state index contributed by atoms with van der Waals surface area (Å²) < 4.78 is 87.3. The molecule has 0 rings (SSSR count). The molecule has 0 aliphatic rings. The van der Waals surface area contributed by atoms with Crippen LogP contribution in [0, 0.1) is 10.8 Å². The molecular formula is C52H106O13Si6. The summed E-state index contributed by atoms with van der Waals surface area (Å²) in [7, 11) is -12.7. The van der Waals surface area contributed by atoms with Gasteiger partial charge in [0.1, 0.15) is 39.6 Å². The van der Waals surface area contributed by atoms with Crippen LogP contribution in [0.25, 0.3) is 0 Å². The van der Waals surface area contributed by atoms with Gasteiger partial charge in [0.2, 0.25) is 49.9 Å². The number of hydrogen-bond acceptors (Lipinski definition) is 13. The van der Waals surface area contributed by atoms with E-state index in [-0.39, 0.29) is 52.9 Å². The van der Waals surface area contributed by atoms with Gasteiger partial charge in [0.05, 0.1) is 24.0 Å². The van der Waals surface area contributed by atoms with Crippen LogP contribution >= 0.6 is 0 Å². The zero-order valence-electron chi connectivity index (χ0n) is 51.0. The third-order valence-electron chi connectivity index (χ3n) is 8.72. The van der Waals surface area contributed by atoms with Gasteiger partial charge in [-0.25, -0.2) is 0 Å². The van der Waals surface area contributed by atoms with E-state index in [9.17, 15) is 0 Å². The standard InChI is InChI=1S/C52H106O13Si6/c1-39(2)45(60-66(13,14)15)54-33-51(34-55-46(40(3)4)61-67(16,17)18,35-56-47(41(5)6)62-68(19,20)21)31-53-32-52(36-57-48(42(7)8)63-69(22,23)24,37-58-49(43(9)10)64-70(25,26)27)38-59-50(44(11)12)65-71(28,29)30/h31-38H2,1-30H3. The molecule has 13 nitrogen and oxygen atoms in total. The van der Waals surface area contributed by atoms with Crippen molar-refractivity contribution in [2.45, 2.75) is 201 Å². The van der Waals surface area contributed by atoms with Crippen molar-refractivity contribution >= 4 is 49.9 Å². The van der Waals surface area contributed by atoms with Gasteiger partial charge in [-0.3, -0.25) is 0 Å². The molecule has 0 aliphatic heterocycles. The van der Waals surface area contributed by atoms with Gasteiger partial charge in [0.25, 0.3) is 35.7 Å².